The molecule has 162 valence electrons. The van der Waals surface area contributed by atoms with Crippen molar-refractivity contribution in [1.29, 1.82) is 0 Å². The number of benzene rings is 1. The van der Waals surface area contributed by atoms with Crippen molar-refractivity contribution < 1.29 is 13.9 Å². The maximum atomic E-state index is 14.5. The first-order valence-corrected chi connectivity index (χ1v) is 10.8. The van der Waals surface area contributed by atoms with Gasteiger partial charge in [0, 0.05) is 18.2 Å². The molecule has 0 bridgehead atoms. The van der Waals surface area contributed by atoms with Crippen molar-refractivity contribution in [2.24, 2.45) is 0 Å². The summed E-state index contributed by atoms with van der Waals surface area (Å²) in [4.78, 5) is 0. The molecule has 0 amide bonds. The molecule has 2 aromatic rings. The van der Waals surface area contributed by atoms with Crippen LogP contribution in [0.4, 0.5) is 4.39 Å². The third-order valence-corrected chi connectivity index (χ3v) is 4.70. The molecule has 0 aliphatic heterocycles. The fourth-order valence-corrected chi connectivity index (χ4v) is 2.99. The van der Waals surface area contributed by atoms with Crippen LogP contribution in [-0.4, -0.2) is 29.5 Å². The first-order valence-electron chi connectivity index (χ1n) is 10.8. The van der Waals surface area contributed by atoms with Crippen LogP contribution in [0.3, 0.4) is 0 Å². The molecule has 30 heavy (non-hydrogen) atoms. The van der Waals surface area contributed by atoms with E-state index in [9.17, 15) is 4.39 Å². The van der Waals surface area contributed by atoms with E-state index in [-0.39, 0.29) is 5.82 Å². The summed E-state index contributed by atoms with van der Waals surface area (Å²) in [6.07, 6.45) is 12.6. The zero-order valence-corrected chi connectivity index (χ0v) is 18.1. The number of unbranched alkanes of at least 4 members (excludes halogenated alkanes) is 3. The highest BCUT2D eigenvalue weighted by Crippen LogP contribution is 2.23. The number of allylic oxidation sites excluding steroid dienone is 1. The lowest BCUT2D eigenvalue weighted by atomic mass is 10.1. The third kappa shape index (κ3) is 8.46. The predicted molar refractivity (Wildman–Crippen MR) is 121 cm³/mol. The molecule has 0 saturated heterocycles. The van der Waals surface area contributed by atoms with E-state index in [1.807, 2.05) is 12.1 Å². The van der Waals surface area contributed by atoms with E-state index in [1.54, 1.807) is 24.3 Å². The van der Waals surface area contributed by atoms with Crippen LogP contribution in [0.2, 0.25) is 0 Å². The van der Waals surface area contributed by atoms with Crippen molar-refractivity contribution in [2.45, 2.75) is 58.5 Å². The van der Waals surface area contributed by atoms with Crippen molar-refractivity contribution in [1.82, 2.24) is 10.2 Å². The fourth-order valence-electron chi connectivity index (χ4n) is 2.99. The summed E-state index contributed by atoms with van der Waals surface area (Å²) in [5.74, 6) is 0.0691. The largest absolute Gasteiger partial charge is 0.472 e. The Morgan fingerprint density at radius 2 is 2.00 bits per heavy atom. The summed E-state index contributed by atoms with van der Waals surface area (Å²) in [6.45, 7) is 9.12. The van der Waals surface area contributed by atoms with Crippen LogP contribution >= 0.6 is 0 Å². The molecule has 1 heterocycles. The second-order valence-electron chi connectivity index (χ2n) is 7.32. The lowest BCUT2D eigenvalue weighted by Crippen LogP contribution is -2.08. The molecule has 0 spiro atoms. The number of halogens is 1. The second-order valence-corrected chi connectivity index (χ2v) is 7.32. The topological polar surface area (TPSA) is 44.2 Å². The van der Waals surface area contributed by atoms with Crippen LogP contribution in [-0.2, 0) is 4.74 Å². The van der Waals surface area contributed by atoms with Gasteiger partial charge >= 0.3 is 0 Å². The minimum atomic E-state index is -0.319. The average molecular weight is 413 g/mol. The number of nitrogens with zero attached hydrogens (tertiary/aromatic N) is 2. The van der Waals surface area contributed by atoms with E-state index in [0.29, 0.717) is 29.8 Å². The Labute approximate surface area is 179 Å². The number of rotatable bonds is 14. The lowest BCUT2D eigenvalue weighted by Gasteiger charge is -2.12. The van der Waals surface area contributed by atoms with Crippen LogP contribution in [0.15, 0.2) is 49.1 Å². The zero-order valence-electron chi connectivity index (χ0n) is 18.1. The van der Waals surface area contributed by atoms with Gasteiger partial charge in [0.15, 0.2) is 0 Å². The summed E-state index contributed by atoms with van der Waals surface area (Å²) in [5, 5.41) is 8.00. The van der Waals surface area contributed by atoms with Crippen molar-refractivity contribution in [3.05, 3.63) is 60.4 Å². The molecule has 1 aromatic carbocycles. The Morgan fingerprint density at radius 3 is 2.70 bits per heavy atom. The fraction of sp³-hybridized carbons (Fsp3) is 0.440. The standard InChI is InChI=1S/C25H33FN2O2/c1-4-6-10-18-29-20(3)11-8-7-9-12-21-13-14-22(23(26)19-21)24-15-16-25(28-27-24)30-17-5-2/h5,9,12-16,19-20H,2,4,6-8,10-11,17-18H2,1,3H3. The van der Waals surface area contributed by atoms with Gasteiger partial charge in [-0.1, -0.05) is 50.6 Å². The zero-order chi connectivity index (χ0) is 21.6. The molecule has 1 aromatic heterocycles. The van der Waals surface area contributed by atoms with Gasteiger partial charge in [-0.15, -0.1) is 10.2 Å². The predicted octanol–water partition coefficient (Wildman–Crippen LogP) is 6.63. The van der Waals surface area contributed by atoms with Gasteiger partial charge in [0.2, 0.25) is 5.88 Å². The van der Waals surface area contributed by atoms with Gasteiger partial charge in [0.05, 0.1) is 11.8 Å². The van der Waals surface area contributed by atoms with Crippen LogP contribution in [0, 0.1) is 5.82 Å². The normalized spacial score (nSPS) is 12.2. The minimum absolute atomic E-state index is 0.293. The van der Waals surface area contributed by atoms with E-state index in [2.05, 4.69) is 36.7 Å². The maximum absolute atomic E-state index is 14.5. The average Bonchev–Trinajstić information content (AvgIpc) is 2.75. The van der Waals surface area contributed by atoms with Gasteiger partial charge in [-0.3, -0.25) is 0 Å². The van der Waals surface area contributed by atoms with Crippen LogP contribution in [0.1, 0.15) is 57.9 Å². The van der Waals surface area contributed by atoms with E-state index in [0.717, 1.165) is 37.9 Å². The molecule has 2 rings (SSSR count). The molecule has 1 atom stereocenters. The molecule has 0 radical (unpaired) electrons. The Hall–Kier alpha value is -2.53. The second kappa shape index (κ2) is 13.6. The molecule has 0 aliphatic rings. The molecule has 0 aliphatic carbocycles. The monoisotopic (exact) mass is 412 g/mol. The highest BCUT2D eigenvalue weighted by Gasteiger charge is 2.08. The number of hydrogen-bond acceptors (Lipinski definition) is 4. The first kappa shape index (κ1) is 23.7. The Bertz CT molecular complexity index is 790. The summed E-state index contributed by atoms with van der Waals surface area (Å²) in [5.41, 5.74) is 1.73. The van der Waals surface area contributed by atoms with Crippen LogP contribution < -0.4 is 4.74 Å². The van der Waals surface area contributed by atoms with Gasteiger partial charge in [0.25, 0.3) is 0 Å². The first-order chi connectivity index (χ1) is 14.6. The number of aromatic nitrogens is 2. The molecular weight excluding hydrogens is 379 g/mol. The van der Waals surface area contributed by atoms with Crippen molar-refractivity contribution >= 4 is 6.08 Å². The van der Waals surface area contributed by atoms with Gasteiger partial charge in [-0.25, -0.2) is 4.39 Å². The quantitative estimate of drug-likeness (QED) is 0.258. The van der Waals surface area contributed by atoms with E-state index < -0.39 is 0 Å². The SMILES string of the molecule is C=CCOc1ccc(-c2ccc(C=CCCCC(C)OCCCCC)cc2F)nn1. The number of hydrogen-bond donors (Lipinski definition) is 0. The highest BCUT2D eigenvalue weighted by atomic mass is 19.1. The van der Waals surface area contributed by atoms with E-state index in [1.165, 1.54) is 18.9 Å². The summed E-state index contributed by atoms with van der Waals surface area (Å²) in [6, 6.07) is 8.52. The Kier molecular flexibility index (Phi) is 10.8. The molecule has 0 fully saturated rings. The van der Waals surface area contributed by atoms with E-state index >= 15 is 0 Å². The van der Waals surface area contributed by atoms with E-state index in [4.69, 9.17) is 9.47 Å². The van der Waals surface area contributed by atoms with Gasteiger partial charge in [0.1, 0.15) is 12.4 Å². The molecule has 5 heteroatoms. The van der Waals surface area contributed by atoms with Crippen molar-refractivity contribution in [2.75, 3.05) is 13.2 Å². The van der Waals surface area contributed by atoms with Gasteiger partial charge in [-0.2, -0.15) is 0 Å². The smallest absolute Gasteiger partial charge is 0.233 e. The lowest BCUT2D eigenvalue weighted by molar-refractivity contribution is 0.0566. The molecule has 1 unspecified atom stereocenters. The highest BCUT2D eigenvalue weighted by molar-refractivity contribution is 5.63. The summed E-state index contributed by atoms with van der Waals surface area (Å²) < 4.78 is 25.6. The van der Waals surface area contributed by atoms with Gasteiger partial charge < -0.3 is 9.47 Å². The van der Waals surface area contributed by atoms with Crippen molar-refractivity contribution in [3.63, 3.8) is 0 Å². The van der Waals surface area contributed by atoms with Gasteiger partial charge in [-0.05, 0) is 56.4 Å². The molecule has 4 nitrogen and oxygen atoms in total. The van der Waals surface area contributed by atoms with Crippen molar-refractivity contribution in [3.8, 4) is 17.1 Å². The summed E-state index contributed by atoms with van der Waals surface area (Å²) in [7, 11) is 0. The molecular formula is C25H33FN2O2. The van der Waals surface area contributed by atoms with Crippen LogP contribution in [0.5, 0.6) is 5.88 Å². The van der Waals surface area contributed by atoms with Crippen LogP contribution in [0.25, 0.3) is 17.3 Å². The molecule has 0 N–H and O–H groups in total. The molecule has 0 saturated carbocycles. The Balaban J connectivity index is 1.80. The summed E-state index contributed by atoms with van der Waals surface area (Å²) >= 11 is 0. The Morgan fingerprint density at radius 1 is 1.13 bits per heavy atom. The number of ether oxygens (including phenoxy) is 2. The minimum Gasteiger partial charge on any atom is -0.472 e. The third-order valence-electron chi connectivity index (χ3n) is 4.70. The maximum Gasteiger partial charge on any atom is 0.233 e.